The first-order chi connectivity index (χ1) is 15.6. The van der Waals surface area contributed by atoms with Crippen LogP contribution in [0.15, 0.2) is 83.3 Å². The van der Waals surface area contributed by atoms with Crippen molar-refractivity contribution in [3.63, 3.8) is 0 Å². The molecule has 6 heteroatoms. The molecule has 4 aromatic rings. The standard InChI is InChI=1S/C26H24N2O4/c1-3-18(17-11-5-4-6-12-17)25(29)28-23-19-13-7-9-15-21(19)32-24(23)26(30)27-20-14-8-10-16-22(20)31-2/h4-16,18H,3H2,1-2H3,(H,27,30)(H,28,29). The Morgan fingerprint density at radius 3 is 2.34 bits per heavy atom. The summed E-state index contributed by atoms with van der Waals surface area (Å²) in [7, 11) is 1.53. The molecule has 4 rings (SSSR count). The molecule has 0 bridgehead atoms. The Morgan fingerprint density at radius 2 is 1.59 bits per heavy atom. The lowest BCUT2D eigenvalue weighted by atomic mass is 9.95. The van der Waals surface area contributed by atoms with Gasteiger partial charge in [0.25, 0.3) is 5.91 Å². The lowest BCUT2D eigenvalue weighted by molar-refractivity contribution is -0.117. The maximum atomic E-state index is 13.2. The zero-order valence-electron chi connectivity index (χ0n) is 17.9. The predicted molar refractivity (Wildman–Crippen MR) is 125 cm³/mol. The SMILES string of the molecule is CCC(C(=O)Nc1c(C(=O)Nc2ccccc2OC)oc2ccccc12)c1ccccc1. The quantitative estimate of drug-likeness (QED) is 0.388. The fourth-order valence-electron chi connectivity index (χ4n) is 3.72. The van der Waals surface area contributed by atoms with E-state index in [4.69, 9.17) is 9.15 Å². The molecule has 1 unspecified atom stereocenters. The Morgan fingerprint density at radius 1 is 0.906 bits per heavy atom. The number of hydrogen-bond acceptors (Lipinski definition) is 4. The summed E-state index contributed by atoms with van der Waals surface area (Å²) >= 11 is 0. The molecule has 0 saturated carbocycles. The van der Waals surface area contributed by atoms with Gasteiger partial charge >= 0.3 is 0 Å². The molecule has 2 N–H and O–H groups in total. The van der Waals surface area contributed by atoms with Gasteiger partial charge < -0.3 is 19.8 Å². The average Bonchev–Trinajstić information content (AvgIpc) is 3.19. The number of benzene rings is 3. The Kier molecular flexibility index (Phi) is 6.22. The number of methoxy groups -OCH3 is 1. The zero-order valence-corrected chi connectivity index (χ0v) is 17.9. The summed E-state index contributed by atoms with van der Waals surface area (Å²) in [6.45, 7) is 1.96. The molecular formula is C26H24N2O4. The molecule has 2 amide bonds. The minimum atomic E-state index is -0.478. The van der Waals surface area contributed by atoms with Crippen molar-refractivity contribution >= 4 is 34.2 Å². The summed E-state index contributed by atoms with van der Waals surface area (Å²) in [5, 5.41) is 6.43. The van der Waals surface area contributed by atoms with Crippen LogP contribution in [0, 0.1) is 0 Å². The second kappa shape index (κ2) is 9.39. The predicted octanol–water partition coefficient (Wildman–Crippen LogP) is 5.83. The smallest absolute Gasteiger partial charge is 0.293 e. The van der Waals surface area contributed by atoms with Gasteiger partial charge in [-0.1, -0.05) is 61.5 Å². The van der Waals surface area contributed by atoms with Crippen LogP contribution < -0.4 is 15.4 Å². The highest BCUT2D eigenvalue weighted by Gasteiger charge is 2.26. The summed E-state index contributed by atoms with van der Waals surface area (Å²) in [5.74, 6) is -0.466. The van der Waals surface area contributed by atoms with Gasteiger partial charge in [0.05, 0.1) is 18.7 Å². The Hall–Kier alpha value is -4.06. The van der Waals surface area contributed by atoms with E-state index in [1.165, 1.54) is 7.11 Å². The second-order valence-corrected chi connectivity index (χ2v) is 7.32. The van der Waals surface area contributed by atoms with Crippen molar-refractivity contribution in [2.75, 3.05) is 17.7 Å². The third-order valence-corrected chi connectivity index (χ3v) is 5.33. The number of para-hydroxylation sites is 3. The number of carbonyl (C=O) groups excluding carboxylic acids is 2. The minimum absolute atomic E-state index is 0.0355. The van der Waals surface area contributed by atoms with Gasteiger partial charge in [0.15, 0.2) is 0 Å². The van der Waals surface area contributed by atoms with Crippen molar-refractivity contribution in [3.05, 3.63) is 90.2 Å². The molecule has 0 spiro atoms. The Balaban J connectivity index is 1.69. The molecule has 32 heavy (non-hydrogen) atoms. The first kappa shape index (κ1) is 21.2. The van der Waals surface area contributed by atoms with Gasteiger partial charge in [-0.05, 0) is 36.2 Å². The normalized spacial score (nSPS) is 11.7. The maximum Gasteiger partial charge on any atom is 0.293 e. The van der Waals surface area contributed by atoms with E-state index in [0.717, 1.165) is 5.56 Å². The third-order valence-electron chi connectivity index (χ3n) is 5.33. The van der Waals surface area contributed by atoms with Crippen LogP contribution in [0.2, 0.25) is 0 Å². The number of rotatable bonds is 7. The Labute approximate surface area is 186 Å². The summed E-state index contributed by atoms with van der Waals surface area (Å²) in [5.41, 5.74) is 2.29. The maximum absolute atomic E-state index is 13.2. The molecule has 0 aliphatic heterocycles. The van der Waals surface area contributed by atoms with Crippen LogP contribution in [0.4, 0.5) is 11.4 Å². The molecule has 0 fully saturated rings. The van der Waals surface area contributed by atoms with E-state index in [1.54, 1.807) is 24.3 Å². The van der Waals surface area contributed by atoms with E-state index >= 15 is 0 Å². The van der Waals surface area contributed by atoms with E-state index in [2.05, 4.69) is 10.6 Å². The van der Waals surface area contributed by atoms with Crippen molar-refractivity contribution in [2.45, 2.75) is 19.3 Å². The fourth-order valence-corrected chi connectivity index (χ4v) is 3.72. The molecular weight excluding hydrogens is 404 g/mol. The molecule has 0 aliphatic rings. The molecule has 1 atom stereocenters. The second-order valence-electron chi connectivity index (χ2n) is 7.32. The van der Waals surface area contributed by atoms with E-state index in [0.29, 0.717) is 34.5 Å². The number of ether oxygens (including phenoxy) is 1. The van der Waals surface area contributed by atoms with Crippen molar-refractivity contribution in [2.24, 2.45) is 0 Å². The van der Waals surface area contributed by atoms with Crippen molar-refractivity contribution < 1.29 is 18.7 Å². The van der Waals surface area contributed by atoms with Crippen LogP contribution in [-0.4, -0.2) is 18.9 Å². The summed E-state index contributed by atoms with van der Waals surface area (Å²) in [6.07, 6.45) is 0.619. The van der Waals surface area contributed by atoms with Gasteiger partial charge in [0.1, 0.15) is 17.0 Å². The van der Waals surface area contributed by atoms with Gasteiger partial charge in [-0.2, -0.15) is 0 Å². The molecule has 0 radical (unpaired) electrons. The fraction of sp³-hybridized carbons (Fsp3) is 0.154. The lowest BCUT2D eigenvalue weighted by Crippen LogP contribution is -2.22. The van der Waals surface area contributed by atoms with E-state index in [9.17, 15) is 9.59 Å². The van der Waals surface area contributed by atoms with Crippen molar-refractivity contribution in [1.29, 1.82) is 0 Å². The Bertz CT molecular complexity index is 1250. The van der Waals surface area contributed by atoms with Gasteiger partial charge in [-0.3, -0.25) is 9.59 Å². The third kappa shape index (κ3) is 4.21. The number of anilines is 2. The molecule has 0 aliphatic carbocycles. The highest BCUT2D eigenvalue weighted by molar-refractivity contribution is 6.15. The summed E-state index contributed by atoms with van der Waals surface area (Å²) < 4.78 is 11.2. The lowest BCUT2D eigenvalue weighted by Gasteiger charge is -2.16. The van der Waals surface area contributed by atoms with Crippen LogP contribution in [-0.2, 0) is 4.79 Å². The van der Waals surface area contributed by atoms with Crippen LogP contribution in [0.5, 0.6) is 5.75 Å². The molecule has 1 heterocycles. The summed E-state index contributed by atoms with van der Waals surface area (Å²) in [4.78, 5) is 26.4. The highest BCUT2D eigenvalue weighted by Crippen LogP contribution is 2.34. The zero-order chi connectivity index (χ0) is 22.5. The van der Waals surface area contributed by atoms with Gasteiger partial charge in [0.2, 0.25) is 11.7 Å². The average molecular weight is 428 g/mol. The van der Waals surface area contributed by atoms with Gasteiger partial charge in [-0.25, -0.2) is 0 Å². The number of nitrogens with one attached hydrogen (secondary N) is 2. The largest absolute Gasteiger partial charge is 0.495 e. The first-order valence-electron chi connectivity index (χ1n) is 10.4. The number of hydrogen-bond donors (Lipinski definition) is 2. The van der Waals surface area contributed by atoms with Crippen LogP contribution >= 0.6 is 0 Å². The molecule has 1 aromatic heterocycles. The molecule has 0 saturated heterocycles. The first-order valence-corrected chi connectivity index (χ1v) is 10.4. The van der Waals surface area contributed by atoms with E-state index in [-0.39, 0.29) is 17.6 Å². The number of amides is 2. The highest BCUT2D eigenvalue weighted by atomic mass is 16.5. The van der Waals surface area contributed by atoms with E-state index in [1.807, 2.05) is 61.5 Å². The van der Waals surface area contributed by atoms with Gasteiger partial charge in [0, 0.05) is 5.39 Å². The molecule has 6 nitrogen and oxygen atoms in total. The minimum Gasteiger partial charge on any atom is -0.495 e. The van der Waals surface area contributed by atoms with Crippen LogP contribution in [0.1, 0.15) is 35.4 Å². The monoisotopic (exact) mass is 428 g/mol. The molecule has 3 aromatic carbocycles. The van der Waals surface area contributed by atoms with Crippen LogP contribution in [0.3, 0.4) is 0 Å². The summed E-state index contributed by atoms with van der Waals surface area (Å²) in [6, 6.07) is 23.9. The molecule has 162 valence electrons. The number of fused-ring (bicyclic) bond motifs is 1. The topological polar surface area (TPSA) is 80.6 Å². The van der Waals surface area contributed by atoms with E-state index < -0.39 is 5.91 Å². The van der Waals surface area contributed by atoms with Crippen molar-refractivity contribution in [3.8, 4) is 5.75 Å². The van der Waals surface area contributed by atoms with Crippen LogP contribution in [0.25, 0.3) is 11.0 Å². The van der Waals surface area contributed by atoms with Gasteiger partial charge in [-0.15, -0.1) is 0 Å². The van der Waals surface area contributed by atoms with Crippen molar-refractivity contribution in [1.82, 2.24) is 0 Å². The number of furan rings is 1. The number of carbonyl (C=O) groups is 2.